The first-order valence-corrected chi connectivity index (χ1v) is 7.94. The molecule has 7 heteroatoms. The number of rotatable bonds is 7. The highest BCUT2D eigenvalue weighted by Crippen LogP contribution is 2.30. The van der Waals surface area contributed by atoms with Crippen molar-refractivity contribution in [1.82, 2.24) is 0 Å². The Labute approximate surface area is 149 Å². The largest absolute Gasteiger partial charge is 0.497 e. The molecule has 0 saturated carbocycles. The fourth-order valence-corrected chi connectivity index (χ4v) is 2.33. The van der Waals surface area contributed by atoms with Gasteiger partial charge in [0.25, 0.3) is 0 Å². The van der Waals surface area contributed by atoms with Crippen LogP contribution < -0.4 is 10.1 Å². The number of hydrogen-bond donors (Lipinski definition) is 1. The highest BCUT2D eigenvalue weighted by Gasteiger charge is 2.30. The summed E-state index contributed by atoms with van der Waals surface area (Å²) in [6.45, 7) is 0. The maximum absolute atomic E-state index is 12.6. The number of hydrogen-bond acceptors (Lipinski definition) is 3. The quantitative estimate of drug-likeness (QED) is 0.723. The van der Waals surface area contributed by atoms with E-state index in [1.807, 2.05) is 0 Å². The lowest BCUT2D eigenvalue weighted by Gasteiger charge is -2.10. The van der Waals surface area contributed by atoms with Gasteiger partial charge in [-0.05, 0) is 48.9 Å². The Morgan fingerprint density at radius 1 is 1.04 bits per heavy atom. The normalized spacial score (nSPS) is 11.1. The monoisotopic (exact) mass is 365 g/mol. The maximum atomic E-state index is 12.6. The standard InChI is InChI=1S/C19H18F3NO3/c1-26-16-10-8-13(9-11-16)17(24)6-3-7-18(25)23-15-5-2-4-14(12-15)19(20,21)22/h2,4-5,8-12H,3,6-7H2,1H3,(H,23,25). The molecular formula is C19H18F3NO3. The van der Waals surface area contributed by atoms with E-state index in [2.05, 4.69) is 5.32 Å². The summed E-state index contributed by atoms with van der Waals surface area (Å²) in [5, 5.41) is 2.42. The van der Waals surface area contributed by atoms with Crippen LogP contribution in [-0.2, 0) is 11.0 Å². The van der Waals surface area contributed by atoms with Crippen LogP contribution >= 0.6 is 0 Å². The van der Waals surface area contributed by atoms with Crippen molar-refractivity contribution in [3.05, 3.63) is 59.7 Å². The summed E-state index contributed by atoms with van der Waals surface area (Å²) in [7, 11) is 1.53. The van der Waals surface area contributed by atoms with E-state index in [9.17, 15) is 22.8 Å². The van der Waals surface area contributed by atoms with Gasteiger partial charge in [-0.15, -0.1) is 0 Å². The molecule has 2 aromatic rings. The average Bonchev–Trinajstić information content (AvgIpc) is 2.61. The van der Waals surface area contributed by atoms with Gasteiger partial charge in [-0.1, -0.05) is 6.07 Å². The smallest absolute Gasteiger partial charge is 0.416 e. The van der Waals surface area contributed by atoms with Gasteiger partial charge in [-0.25, -0.2) is 0 Å². The number of halogens is 3. The summed E-state index contributed by atoms with van der Waals surface area (Å²) < 4.78 is 43.0. The third-order valence-corrected chi connectivity index (χ3v) is 3.69. The summed E-state index contributed by atoms with van der Waals surface area (Å²) in [6, 6.07) is 11.1. The van der Waals surface area contributed by atoms with Gasteiger partial charge in [-0.3, -0.25) is 9.59 Å². The number of alkyl halides is 3. The van der Waals surface area contributed by atoms with Gasteiger partial charge < -0.3 is 10.1 Å². The second-order valence-electron chi connectivity index (χ2n) is 5.63. The van der Waals surface area contributed by atoms with Gasteiger partial charge >= 0.3 is 6.18 Å². The Morgan fingerprint density at radius 2 is 1.73 bits per heavy atom. The first kappa shape index (κ1) is 19.5. The van der Waals surface area contributed by atoms with Crippen molar-refractivity contribution < 1.29 is 27.5 Å². The molecule has 0 aliphatic rings. The average molecular weight is 365 g/mol. The van der Waals surface area contributed by atoms with Crippen LogP contribution in [-0.4, -0.2) is 18.8 Å². The molecule has 0 heterocycles. The molecule has 0 bridgehead atoms. The first-order chi connectivity index (χ1) is 12.3. The van der Waals surface area contributed by atoms with Gasteiger partial charge in [0.1, 0.15) is 5.75 Å². The van der Waals surface area contributed by atoms with E-state index in [0.717, 1.165) is 12.1 Å². The highest BCUT2D eigenvalue weighted by atomic mass is 19.4. The van der Waals surface area contributed by atoms with Crippen LogP contribution in [0.2, 0.25) is 0 Å². The summed E-state index contributed by atoms with van der Waals surface area (Å²) in [6.07, 6.45) is -3.96. The van der Waals surface area contributed by atoms with Crippen LogP contribution in [0.1, 0.15) is 35.2 Å². The number of benzene rings is 2. The Hall–Kier alpha value is -2.83. The molecule has 2 aromatic carbocycles. The maximum Gasteiger partial charge on any atom is 0.416 e. The van der Waals surface area contributed by atoms with Gasteiger partial charge in [-0.2, -0.15) is 13.2 Å². The number of anilines is 1. The van der Waals surface area contributed by atoms with Crippen molar-refractivity contribution in [3.63, 3.8) is 0 Å². The zero-order valence-corrected chi connectivity index (χ0v) is 14.1. The van der Waals surface area contributed by atoms with Crippen LogP contribution in [0.15, 0.2) is 48.5 Å². The molecule has 0 fully saturated rings. The number of ether oxygens (including phenoxy) is 1. The van der Waals surface area contributed by atoms with E-state index in [0.29, 0.717) is 17.7 Å². The van der Waals surface area contributed by atoms with E-state index >= 15 is 0 Å². The third-order valence-electron chi connectivity index (χ3n) is 3.69. The lowest BCUT2D eigenvalue weighted by molar-refractivity contribution is -0.137. The summed E-state index contributed by atoms with van der Waals surface area (Å²) in [4.78, 5) is 23.9. The Kier molecular flexibility index (Phi) is 6.38. The lowest BCUT2D eigenvalue weighted by Crippen LogP contribution is -2.13. The molecule has 0 unspecified atom stereocenters. The summed E-state index contributed by atoms with van der Waals surface area (Å²) in [5.41, 5.74) is -0.236. The number of nitrogens with one attached hydrogen (secondary N) is 1. The van der Waals surface area contributed by atoms with Crippen molar-refractivity contribution in [1.29, 1.82) is 0 Å². The van der Waals surface area contributed by atoms with Crippen LogP contribution in [0.25, 0.3) is 0 Å². The number of carbonyl (C=O) groups excluding carboxylic acids is 2. The lowest BCUT2D eigenvalue weighted by atomic mass is 10.1. The Bertz CT molecular complexity index is 770. The molecule has 0 saturated heterocycles. The highest BCUT2D eigenvalue weighted by molar-refractivity contribution is 5.96. The van der Waals surface area contributed by atoms with E-state index < -0.39 is 17.6 Å². The van der Waals surface area contributed by atoms with Crippen molar-refractivity contribution >= 4 is 17.4 Å². The minimum atomic E-state index is -4.47. The second kappa shape index (κ2) is 8.51. The molecule has 0 aliphatic carbocycles. The fraction of sp³-hybridized carbons (Fsp3) is 0.263. The van der Waals surface area contributed by atoms with E-state index in [4.69, 9.17) is 4.74 Å². The van der Waals surface area contributed by atoms with Crippen LogP contribution in [0.3, 0.4) is 0 Å². The van der Waals surface area contributed by atoms with Gasteiger partial charge in [0.05, 0.1) is 12.7 Å². The molecule has 0 aliphatic heterocycles. The molecular weight excluding hydrogens is 347 g/mol. The zero-order chi connectivity index (χ0) is 19.2. The Morgan fingerprint density at radius 3 is 2.35 bits per heavy atom. The predicted octanol–water partition coefficient (Wildman–Crippen LogP) is 4.71. The van der Waals surface area contributed by atoms with Crippen molar-refractivity contribution in [2.24, 2.45) is 0 Å². The van der Waals surface area contributed by atoms with Crippen LogP contribution in [0, 0.1) is 0 Å². The number of amides is 1. The first-order valence-electron chi connectivity index (χ1n) is 7.94. The molecule has 0 spiro atoms. The van der Waals surface area contributed by atoms with E-state index in [1.54, 1.807) is 24.3 Å². The SMILES string of the molecule is COc1ccc(C(=O)CCCC(=O)Nc2cccc(C(F)(F)F)c2)cc1. The number of Topliss-reactive ketones (excluding diaryl/α,β-unsaturated/α-hetero) is 1. The van der Waals surface area contributed by atoms with Crippen molar-refractivity contribution in [2.45, 2.75) is 25.4 Å². The van der Waals surface area contributed by atoms with Gasteiger partial charge in [0.15, 0.2) is 5.78 Å². The fourth-order valence-electron chi connectivity index (χ4n) is 2.33. The topological polar surface area (TPSA) is 55.4 Å². The molecule has 1 amide bonds. The van der Waals surface area contributed by atoms with Gasteiger partial charge in [0.2, 0.25) is 5.91 Å². The minimum absolute atomic E-state index is 0.0398. The molecule has 26 heavy (non-hydrogen) atoms. The molecule has 0 aromatic heterocycles. The molecule has 0 atom stereocenters. The molecule has 138 valence electrons. The van der Waals surface area contributed by atoms with E-state index in [-0.39, 0.29) is 24.3 Å². The molecule has 1 N–H and O–H groups in total. The number of methoxy groups -OCH3 is 1. The zero-order valence-electron chi connectivity index (χ0n) is 14.1. The number of carbonyl (C=O) groups is 2. The second-order valence-corrected chi connectivity index (χ2v) is 5.63. The van der Waals surface area contributed by atoms with Crippen LogP contribution in [0.4, 0.5) is 18.9 Å². The summed E-state index contributed by atoms with van der Waals surface area (Å²) >= 11 is 0. The van der Waals surface area contributed by atoms with E-state index in [1.165, 1.54) is 19.2 Å². The Balaban J connectivity index is 1.82. The third kappa shape index (κ3) is 5.61. The number of ketones is 1. The van der Waals surface area contributed by atoms with Crippen LogP contribution in [0.5, 0.6) is 5.75 Å². The minimum Gasteiger partial charge on any atom is -0.497 e. The van der Waals surface area contributed by atoms with Gasteiger partial charge in [0, 0.05) is 24.1 Å². The molecule has 4 nitrogen and oxygen atoms in total. The molecule has 0 radical (unpaired) electrons. The van der Waals surface area contributed by atoms with Crippen molar-refractivity contribution in [2.75, 3.05) is 12.4 Å². The summed E-state index contributed by atoms with van der Waals surface area (Å²) in [5.74, 6) is 0.0911. The predicted molar refractivity (Wildman–Crippen MR) is 91.2 cm³/mol. The molecule has 2 rings (SSSR count). The van der Waals surface area contributed by atoms with Crippen molar-refractivity contribution in [3.8, 4) is 5.75 Å².